The molecule has 0 atom stereocenters. The fraction of sp³-hybridized carbons (Fsp3) is 0.333. The van der Waals surface area contributed by atoms with Gasteiger partial charge in [0.1, 0.15) is 12.4 Å². The third-order valence-electron chi connectivity index (χ3n) is 4.53. The van der Waals surface area contributed by atoms with E-state index < -0.39 is 11.6 Å². The van der Waals surface area contributed by atoms with Gasteiger partial charge in [-0.25, -0.2) is 13.6 Å². The zero-order valence-electron chi connectivity index (χ0n) is 15.9. The van der Waals surface area contributed by atoms with Crippen LogP contribution in [0.15, 0.2) is 42.5 Å². The van der Waals surface area contributed by atoms with Crippen molar-refractivity contribution in [2.75, 3.05) is 19.7 Å². The van der Waals surface area contributed by atoms with E-state index in [0.717, 1.165) is 36.2 Å². The zero-order chi connectivity index (χ0) is 20.6. The second-order valence-corrected chi connectivity index (χ2v) is 6.77. The molecule has 1 saturated heterocycles. The topological polar surface area (TPSA) is 70.7 Å². The van der Waals surface area contributed by atoms with Crippen LogP contribution >= 0.6 is 0 Å². The number of hydrogen-bond acceptors (Lipinski definition) is 3. The highest BCUT2D eigenvalue weighted by Gasteiger charge is 2.19. The van der Waals surface area contributed by atoms with Crippen LogP contribution in [-0.4, -0.2) is 36.5 Å². The van der Waals surface area contributed by atoms with E-state index >= 15 is 0 Å². The summed E-state index contributed by atoms with van der Waals surface area (Å²) in [6.07, 6.45) is 1.51. The van der Waals surface area contributed by atoms with E-state index in [2.05, 4.69) is 10.6 Å². The van der Waals surface area contributed by atoms with Crippen LogP contribution in [0.1, 0.15) is 24.0 Å². The summed E-state index contributed by atoms with van der Waals surface area (Å²) in [5.74, 6) is -1.36. The van der Waals surface area contributed by atoms with Crippen LogP contribution in [0.25, 0.3) is 0 Å². The van der Waals surface area contributed by atoms with Crippen molar-refractivity contribution in [2.24, 2.45) is 0 Å². The predicted molar refractivity (Wildman–Crippen MR) is 103 cm³/mol. The lowest BCUT2D eigenvalue weighted by molar-refractivity contribution is -0.128. The molecule has 0 saturated carbocycles. The fourth-order valence-electron chi connectivity index (χ4n) is 3.09. The van der Waals surface area contributed by atoms with Gasteiger partial charge < -0.3 is 20.3 Å². The van der Waals surface area contributed by atoms with E-state index in [1.165, 1.54) is 6.07 Å². The van der Waals surface area contributed by atoms with Gasteiger partial charge in [0.25, 0.3) is 0 Å². The van der Waals surface area contributed by atoms with Crippen molar-refractivity contribution >= 4 is 11.9 Å². The quantitative estimate of drug-likeness (QED) is 0.666. The van der Waals surface area contributed by atoms with Gasteiger partial charge in [-0.15, -0.1) is 0 Å². The summed E-state index contributed by atoms with van der Waals surface area (Å²) in [7, 11) is 0. The van der Waals surface area contributed by atoms with Crippen molar-refractivity contribution in [3.05, 3.63) is 65.2 Å². The van der Waals surface area contributed by atoms with Crippen LogP contribution in [0, 0.1) is 11.6 Å². The summed E-state index contributed by atoms with van der Waals surface area (Å²) >= 11 is 0. The van der Waals surface area contributed by atoms with Crippen LogP contribution in [0.4, 0.5) is 13.6 Å². The molecule has 1 aliphatic heterocycles. The molecule has 2 aromatic carbocycles. The van der Waals surface area contributed by atoms with Crippen molar-refractivity contribution in [2.45, 2.75) is 25.9 Å². The van der Waals surface area contributed by atoms with Crippen molar-refractivity contribution in [1.29, 1.82) is 0 Å². The minimum Gasteiger partial charge on any atom is -0.489 e. The molecule has 3 rings (SSSR count). The molecule has 0 aliphatic carbocycles. The molecule has 1 aliphatic rings. The van der Waals surface area contributed by atoms with Crippen molar-refractivity contribution in [3.8, 4) is 5.75 Å². The number of rotatable bonds is 8. The number of nitrogens with one attached hydrogen (secondary N) is 2. The number of carbonyl (C=O) groups is 2. The molecule has 6 nitrogen and oxygen atoms in total. The third-order valence-corrected chi connectivity index (χ3v) is 4.53. The molecule has 2 N–H and O–H groups in total. The Morgan fingerprint density at radius 2 is 1.93 bits per heavy atom. The summed E-state index contributed by atoms with van der Waals surface area (Å²) in [4.78, 5) is 25.5. The second kappa shape index (κ2) is 9.86. The first-order chi connectivity index (χ1) is 14.0. The first kappa shape index (κ1) is 20.6. The minimum absolute atomic E-state index is 0.0509. The number of ether oxygens (including phenoxy) is 1. The molecule has 0 radical (unpaired) electrons. The third kappa shape index (κ3) is 6.17. The number of hydrogen-bond donors (Lipinski definition) is 2. The Hall–Kier alpha value is -3.16. The number of carbonyl (C=O) groups excluding carboxylic acids is 2. The SMILES string of the molecule is O=C(NCCOc1ccc(F)cc1F)NCc1cccc(CN2CCCC2=O)c1. The molecule has 3 amide bonds. The van der Waals surface area contributed by atoms with Crippen molar-refractivity contribution in [3.63, 3.8) is 0 Å². The largest absolute Gasteiger partial charge is 0.489 e. The van der Waals surface area contributed by atoms with Crippen LogP contribution in [-0.2, 0) is 17.9 Å². The maximum absolute atomic E-state index is 13.4. The van der Waals surface area contributed by atoms with Gasteiger partial charge in [0.15, 0.2) is 11.6 Å². The van der Waals surface area contributed by atoms with Gasteiger partial charge in [0.05, 0.1) is 6.54 Å². The highest BCUT2D eigenvalue weighted by atomic mass is 19.1. The number of urea groups is 1. The smallest absolute Gasteiger partial charge is 0.315 e. The summed E-state index contributed by atoms with van der Waals surface area (Å²) in [6.45, 7) is 1.92. The first-order valence-corrected chi connectivity index (χ1v) is 9.46. The summed E-state index contributed by atoms with van der Waals surface area (Å²) in [5, 5.41) is 5.34. The highest BCUT2D eigenvalue weighted by molar-refractivity contribution is 5.78. The number of halogens is 2. The van der Waals surface area contributed by atoms with Crippen LogP contribution in [0.2, 0.25) is 0 Å². The summed E-state index contributed by atoms with van der Waals surface area (Å²) < 4.78 is 31.4. The van der Waals surface area contributed by atoms with E-state index in [0.29, 0.717) is 19.5 Å². The fourth-order valence-corrected chi connectivity index (χ4v) is 3.09. The maximum atomic E-state index is 13.4. The molecule has 1 fully saturated rings. The lowest BCUT2D eigenvalue weighted by Crippen LogP contribution is -2.37. The normalized spacial score (nSPS) is 13.4. The molecule has 154 valence electrons. The zero-order valence-corrected chi connectivity index (χ0v) is 15.9. The Morgan fingerprint density at radius 1 is 1.10 bits per heavy atom. The minimum atomic E-state index is -0.787. The van der Waals surface area contributed by atoms with Gasteiger partial charge in [-0.2, -0.15) is 0 Å². The Kier molecular flexibility index (Phi) is 6.99. The number of benzene rings is 2. The van der Waals surface area contributed by atoms with E-state index in [1.54, 1.807) is 0 Å². The summed E-state index contributed by atoms with van der Waals surface area (Å²) in [6, 6.07) is 10.4. The lowest BCUT2D eigenvalue weighted by atomic mass is 10.1. The Bertz CT molecular complexity index is 876. The van der Waals surface area contributed by atoms with Crippen LogP contribution < -0.4 is 15.4 Å². The van der Waals surface area contributed by atoms with Gasteiger partial charge >= 0.3 is 6.03 Å². The van der Waals surface area contributed by atoms with E-state index in [4.69, 9.17) is 4.74 Å². The Labute approximate surface area is 167 Å². The average molecular weight is 403 g/mol. The van der Waals surface area contributed by atoms with Gasteiger partial charge in [-0.05, 0) is 29.7 Å². The van der Waals surface area contributed by atoms with E-state index in [1.807, 2.05) is 29.2 Å². The highest BCUT2D eigenvalue weighted by Crippen LogP contribution is 2.17. The molecule has 2 aromatic rings. The number of amides is 3. The second-order valence-electron chi connectivity index (χ2n) is 6.77. The summed E-state index contributed by atoms with van der Waals surface area (Å²) in [5.41, 5.74) is 1.95. The Balaban J connectivity index is 1.38. The molecular formula is C21H23F2N3O3. The van der Waals surface area contributed by atoms with Gasteiger partial charge in [-0.3, -0.25) is 4.79 Å². The standard InChI is InChI=1S/C21H23F2N3O3/c22-17-6-7-19(18(23)12-17)29-10-8-24-21(28)25-13-15-3-1-4-16(11-15)14-26-9-2-5-20(26)27/h1,3-4,6-7,11-12H,2,5,8-10,13-14H2,(H2,24,25,28). The van der Waals surface area contributed by atoms with Crippen molar-refractivity contribution < 1.29 is 23.1 Å². The number of nitrogens with zero attached hydrogens (tertiary/aromatic N) is 1. The molecule has 0 bridgehead atoms. The molecular weight excluding hydrogens is 380 g/mol. The predicted octanol–water partition coefficient (Wildman–Crippen LogP) is 2.97. The monoisotopic (exact) mass is 403 g/mol. The van der Waals surface area contributed by atoms with Gasteiger partial charge in [0, 0.05) is 32.1 Å². The van der Waals surface area contributed by atoms with Gasteiger partial charge in [0.2, 0.25) is 5.91 Å². The van der Waals surface area contributed by atoms with Gasteiger partial charge in [-0.1, -0.05) is 24.3 Å². The molecule has 0 unspecified atom stereocenters. The molecule has 1 heterocycles. The van der Waals surface area contributed by atoms with Crippen LogP contribution in [0.5, 0.6) is 5.75 Å². The average Bonchev–Trinajstić information content (AvgIpc) is 3.10. The Morgan fingerprint density at radius 3 is 2.69 bits per heavy atom. The van der Waals surface area contributed by atoms with Crippen molar-refractivity contribution in [1.82, 2.24) is 15.5 Å². The maximum Gasteiger partial charge on any atom is 0.315 e. The molecule has 8 heteroatoms. The number of likely N-dealkylation sites (tertiary alicyclic amines) is 1. The molecule has 0 spiro atoms. The molecule has 0 aromatic heterocycles. The van der Waals surface area contributed by atoms with E-state index in [9.17, 15) is 18.4 Å². The first-order valence-electron chi connectivity index (χ1n) is 9.46. The van der Waals surface area contributed by atoms with Crippen LogP contribution in [0.3, 0.4) is 0 Å². The molecule has 29 heavy (non-hydrogen) atoms. The van der Waals surface area contributed by atoms with E-state index in [-0.39, 0.29) is 30.8 Å². The lowest BCUT2D eigenvalue weighted by Gasteiger charge is -2.16.